The molecule has 2 aromatic heterocycles. The Balaban J connectivity index is 2.23. The quantitative estimate of drug-likeness (QED) is 0.850. The zero-order valence-corrected chi connectivity index (χ0v) is 8.86. The van der Waals surface area contributed by atoms with Gasteiger partial charge in [0.2, 0.25) is 5.13 Å². The van der Waals surface area contributed by atoms with E-state index in [4.69, 9.17) is 5.11 Å². The van der Waals surface area contributed by atoms with Crippen LogP contribution in [-0.4, -0.2) is 25.8 Å². The highest BCUT2D eigenvalue weighted by Crippen LogP contribution is 2.13. The van der Waals surface area contributed by atoms with Crippen LogP contribution in [0.5, 0.6) is 0 Å². The van der Waals surface area contributed by atoms with E-state index in [1.54, 1.807) is 16.9 Å². The fraction of sp³-hybridized carbons (Fsp3) is 0.222. The molecule has 2 rings (SSSR count). The highest BCUT2D eigenvalue weighted by molar-refractivity contribution is 7.12. The molecule has 0 radical (unpaired) electrons. The highest BCUT2D eigenvalue weighted by atomic mass is 32.1. The number of carboxylic acids is 1. The molecular weight excluding hydrogens is 214 g/mol. The van der Waals surface area contributed by atoms with Gasteiger partial charge in [0, 0.05) is 11.6 Å². The van der Waals surface area contributed by atoms with Gasteiger partial charge < -0.3 is 5.11 Å². The highest BCUT2D eigenvalue weighted by Gasteiger charge is 2.07. The molecule has 15 heavy (non-hydrogen) atoms. The van der Waals surface area contributed by atoms with Gasteiger partial charge >= 0.3 is 5.97 Å². The third-order valence-electron chi connectivity index (χ3n) is 1.78. The fourth-order valence-electron chi connectivity index (χ4n) is 1.16. The summed E-state index contributed by atoms with van der Waals surface area (Å²) >= 11 is 1.48. The molecule has 0 aliphatic rings. The van der Waals surface area contributed by atoms with Crippen molar-refractivity contribution in [3.8, 4) is 5.13 Å². The summed E-state index contributed by atoms with van der Waals surface area (Å²) in [7, 11) is 0. The third kappa shape index (κ3) is 2.21. The van der Waals surface area contributed by atoms with E-state index in [1.807, 2.05) is 12.3 Å². The second-order valence-electron chi connectivity index (χ2n) is 3.09. The number of thiazole rings is 1. The maximum Gasteiger partial charge on any atom is 0.309 e. The first-order valence-corrected chi connectivity index (χ1v) is 5.22. The molecule has 0 saturated heterocycles. The first-order chi connectivity index (χ1) is 7.15. The van der Waals surface area contributed by atoms with Gasteiger partial charge in [0.15, 0.2) is 0 Å². The van der Waals surface area contributed by atoms with Gasteiger partial charge in [-0.1, -0.05) is 0 Å². The van der Waals surface area contributed by atoms with Crippen LogP contribution in [-0.2, 0) is 11.2 Å². The van der Waals surface area contributed by atoms with Crippen LogP contribution in [0.1, 0.15) is 11.4 Å². The van der Waals surface area contributed by atoms with Gasteiger partial charge in [-0.2, -0.15) is 5.10 Å². The lowest BCUT2D eigenvalue weighted by molar-refractivity contribution is -0.136. The lowest BCUT2D eigenvalue weighted by atomic mass is 10.3. The number of hydrogen-bond donors (Lipinski definition) is 1. The average Bonchev–Trinajstić information content (AvgIpc) is 2.72. The van der Waals surface area contributed by atoms with Crippen molar-refractivity contribution in [2.45, 2.75) is 13.3 Å². The predicted molar refractivity (Wildman–Crippen MR) is 55.3 cm³/mol. The molecule has 0 unspecified atom stereocenters. The van der Waals surface area contributed by atoms with Gasteiger partial charge in [0.25, 0.3) is 0 Å². The number of carbonyl (C=O) groups is 1. The van der Waals surface area contributed by atoms with Crippen molar-refractivity contribution in [1.82, 2.24) is 14.8 Å². The molecule has 1 N–H and O–H groups in total. The molecule has 0 amide bonds. The van der Waals surface area contributed by atoms with Crippen molar-refractivity contribution in [1.29, 1.82) is 0 Å². The van der Waals surface area contributed by atoms with Gasteiger partial charge in [0.05, 0.1) is 17.8 Å². The first-order valence-electron chi connectivity index (χ1n) is 4.34. The standard InChI is InChI=1S/C9H9N3O2S/c1-6-5-15-9(10-6)12-3-2-7(11-12)4-8(13)14/h2-3,5H,4H2,1H3,(H,13,14). The molecule has 0 aromatic carbocycles. The summed E-state index contributed by atoms with van der Waals surface area (Å²) in [6, 6.07) is 1.69. The van der Waals surface area contributed by atoms with Gasteiger partial charge in [-0.25, -0.2) is 9.67 Å². The molecule has 0 spiro atoms. The molecule has 2 heterocycles. The summed E-state index contributed by atoms with van der Waals surface area (Å²) in [5.41, 5.74) is 1.47. The number of hydrogen-bond acceptors (Lipinski definition) is 4. The van der Waals surface area contributed by atoms with Gasteiger partial charge in [0.1, 0.15) is 0 Å². The fourth-order valence-corrected chi connectivity index (χ4v) is 1.90. The van der Waals surface area contributed by atoms with Crippen LogP contribution >= 0.6 is 11.3 Å². The molecule has 0 saturated carbocycles. The van der Waals surface area contributed by atoms with Crippen LogP contribution in [0.25, 0.3) is 5.13 Å². The van der Waals surface area contributed by atoms with E-state index in [9.17, 15) is 4.79 Å². The van der Waals surface area contributed by atoms with Crippen LogP contribution < -0.4 is 0 Å². The van der Waals surface area contributed by atoms with Crippen LogP contribution in [0.2, 0.25) is 0 Å². The van der Waals surface area contributed by atoms with Gasteiger partial charge in [-0.15, -0.1) is 11.3 Å². The average molecular weight is 223 g/mol. The lowest BCUT2D eigenvalue weighted by Gasteiger charge is -1.93. The SMILES string of the molecule is Cc1csc(-n2ccc(CC(=O)O)n2)n1. The molecule has 6 heteroatoms. The van der Waals surface area contributed by atoms with Crippen molar-refractivity contribution in [3.05, 3.63) is 29.0 Å². The second kappa shape index (κ2) is 3.82. The summed E-state index contributed by atoms with van der Waals surface area (Å²) < 4.78 is 1.59. The number of rotatable bonds is 3. The number of aryl methyl sites for hydroxylation is 1. The minimum absolute atomic E-state index is 0.0582. The van der Waals surface area contributed by atoms with Crippen molar-refractivity contribution >= 4 is 17.3 Å². The topological polar surface area (TPSA) is 68.0 Å². The number of carboxylic acid groups (broad SMARTS) is 1. The molecule has 0 bridgehead atoms. The van der Waals surface area contributed by atoms with Crippen molar-refractivity contribution in [2.75, 3.05) is 0 Å². The summed E-state index contributed by atoms with van der Waals surface area (Å²) in [6.07, 6.45) is 1.66. The molecule has 0 aliphatic carbocycles. The second-order valence-corrected chi connectivity index (χ2v) is 3.93. The Labute approximate surface area is 90.0 Å². The molecule has 2 aromatic rings. The van der Waals surface area contributed by atoms with Crippen LogP contribution in [0.4, 0.5) is 0 Å². The van der Waals surface area contributed by atoms with Crippen LogP contribution in [0.3, 0.4) is 0 Å². The van der Waals surface area contributed by atoms with Gasteiger partial charge in [-0.05, 0) is 13.0 Å². The zero-order chi connectivity index (χ0) is 10.8. The minimum atomic E-state index is -0.879. The van der Waals surface area contributed by atoms with Crippen LogP contribution in [0.15, 0.2) is 17.6 Å². The molecule has 5 nitrogen and oxygen atoms in total. The van der Waals surface area contributed by atoms with E-state index in [0.717, 1.165) is 10.8 Å². The molecule has 0 fully saturated rings. The van der Waals surface area contributed by atoms with Crippen molar-refractivity contribution in [3.63, 3.8) is 0 Å². The lowest BCUT2D eigenvalue weighted by Crippen LogP contribution is -2.02. The maximum atomic E-state index is 10.5. The maximum absolute atomic E-state index is 10.5. The Morgan fingerprint density at radius 3 is 3.07 bits per heavy atom. The Morgan fingerprint density at radius 2 is 2.47 bits per heavy atom. The Bertz CT molecular complexity index is 489. The zero-order valence-electron chi connectivity index (χ0n) is 8.04. The minimum Gasteiger partial charge on any atom is -0.481 e. The van der Waals surface area contributed by atoms with E-state index in [1.165, 1.54) is 11.3 Å². The Morgan fingerprint density at radius 1 is 1.67 bits per heavy atom. The largest absolute Gasteiger partial charge is 0.481 e. The molecular formula is C9H9N3O2S. The van der Waals surface area contributed by atoms with Gasteiger partial charge in [-0.3, -0.25) is 4.79 Å². The van der Waals surface area contributed by atoms with E-state index in [-0.39, 0.29) is 6.42 Å². The van der Waals surface area contributed by atoms with E-state index < -0.39 is 5.97 Å². The van der Waals surface area contributed by atoms with E-state index in [2.05, 4.69) is 10.1 Å². The monoisotopic (exact) mass is 223 g/mol. The van der Waals surface area contributed by atoms with E-state index in [0.29, 0.717) is 5.69 Å². The Hall–Kier alpha value is -1.69. The first kappa shape index (κ1) is 9.85. The number of aliphatic carboxylic acids is 1. The summed E-state index contributed by atoms with van der Waals surface area (Å²) in [5, 5.41) is 15.4. The van der Waals surface area contributed by atoms with Crippen molar-refractivity contribution < 1.29 is 9.90 Å². The normalized spacial score (nSPS) is 10.5. The number of aromatic nitrogens is 3. The summed E-state index contributed by atoms with van der Waals surface area (Å²) in [4.78, 5) is 14.7. The summed E-state index contributed by atoms with van der Waals surface area (Å²) in [5.74, 6) is -0.879. The summed E-state index contributed by atoms with van der Waals surface area (Å²) in [6.45, 7) is 1.90. The Kier molecular flexibility index (Phi) is 2.51. The molecule has 0 aliphatic heterocycles. The van der Waals surface area contributed by atoms with E-state index >= 15 is 0 Å². The third-order valence-corrected chi connectivity index (χ3v) is 2.73. The smallest absolute Gasteiger partial charge is 0.309 e. The van der Waals surface area contributed by atoms with Crippen LogP contribution in [0, 0.1) is 6.92 Å². The van der Waals surface area contributed by atoms with Crippen molar-refractivity contribution in [2.24, 2.45) is 0 Å². The molecule has 78 valence electrons. The number of nitrogens with zero attached hydrogens (tertiary/aromatic N) is 3. The molecule has 0 atom stereocenters. The predicted octanol–water partition coefficient (Wildman–Crippen LogP) is 1.26.